The largest absolute Gasteiger partial charge is 0.288 e. The summed E-state index contributed by atoms with van der Waals surface area (Å²) in [6, 6.07) is 14.0. The molecule has 0 aliphatic heterocycles. The summed E-state index contributed by atoms with van der Waals surface area (Å²) in [7, 11) is 3.60. The zero-order valence-electron chi connectivity index (χ0n) is 10.1. The third-order valence-electron chi connectivity index (χ3n) is 2.69. The highest BCUT2D eigenvalue weighted by molar-refractivity contribution is 5.52. The van der Waals surface area contributed by atoms with Crippen LogP contribution in [0.3, 0.4) is 0 Å². The first kappa shape index (κ1) is 13.0. The van der Waals surface area contributed by atoms with Gasteiger partial charge in [0.15, 0.2) is 0 Å². The zero-order valence-corrected chi connectivity index (χ0v) is 10.1. The predicted molar refractivity (Wildman–Crippen MR) is 67.7 cm³/mol. The monoisotopic (exact) mass is 225 g/mol. The molecule has 0 heterocycles. The summed E-state index contributed by atoms with van der Waals surface area (Å²) in [5.74, 6) is 0. The molecule has 1 aromatic rings. The van der Waals surface area contributed by atoms with Crippen molar-refractivity contribution in [3.05, 3.63) is 42.0 Å². The molecule has 0 saturated heterocycles. The Balaban J connectivity index is 3.00. The van der Waals surface area contributed by atoms with E-state index >= 15 is 0 Å². The molecule has 86 valence electrons. The molecule has 1 atom stereocenters. The minimum atomic E-state index is -0.857. The van der Waals surface area contributed by atoms with Crippen LogP contribution in [0, 0.1) is 22.7 Å². The molecule has 0 aliphatic rings. The van der Waals surface area contributed by atoms with Crippen molar-refractivity contribution in [1.82, 2.24) is 4.90 Å². The molecule has 1 aromatic carbocycles. The van der Waals surface area contributed by atoms with Gasteiger partial charge in [0.2, 0.25) is 0 Å². The number of hydrogen-bond acceptors (Lipinski definition) is 3. The van der Waals surface area contributed by atoms with Crippen LogP contribution >= 0.6 is 0 Å². The normalized spacial score (nSPS) is 14.2. The Morgan fingerprint density at radius 1 is 1.24 bits per heavy atom. The van der Waals surface area contributed by atoms with E-state index in [0.29, 0.717) is 0 Å². The van der Waals surface area contributed by atoms with Gasteiger partial charge in [-0.05, 0) is 25.7 Å². The molecule has 0 aliphatic carbocycles. The average Bonchev–Trinajstić information content (AvgIpc) is 2.35. The molecule has 0 bridgehead atoms. The number of benzene rings is 1. The van der Waals surface area contributed by atoms with E-state index in [2.05, 4.69) is 12.1 Å². The SMILES string of the molecule is CN(C)C(C#N)(/C=C/c1ccccc1)CC#N. The average molecular weight is 225 g/mol. The smallest absolute Gasteiger partial charge is 0.140 e. The van der Waals surface area contributed by atoms with E-state index in [1.54, 1.807) is 25.1 Å². The van der Waals surface area contributed by atoms with Crippen LogP contribution in [0.2, 0.25) is 0 Å². The summed E-state index contributed by atoms with van der Waals surface area (Å²) in [5, 5.41) is 18.1. The lowest BCUT2D eigenvalue weighted by Gasteiger charge is -2.27. The Morgan fingerprint density at radius 3 is 2.35 bits per heavy atom. The van der Waals surface area contributed by atoms with Crippen LogP contribution in [0.1, 0.15) is 12.0 Å². The lowest BCUT2D eigenvalue weighted by Crippen LogP contribution is -2.40. The van der Waals surface area contributed by atoms with E-state index in [0.717, 1.165) is 5.56 Å². The van der Waals surface area contributed by atoms with E-state index in [-0.39, 0.29) is 6.42 Å². The summed E-state index contributed by atoms with van der Waals surface area (Å²) < 4.78 is 0. The van der Waals surface area contributed by atoms with Crippen LogP contribution in [0.5, 0.6) is 0 Å². The van der Waals surface area contributed by atoms with E-state index in [1.165, 1.54) is 0 Å². The Morgan fingerprint density at radius 2 is 1.88 bits per heavy atom. The second kappa shape index (κ2) is 5.84. The van der Waals surface area contributed by atoms with E-state index in [4.69, 9.17) is 5.26 Å². The van der Waals surface area contributed by atoms with Gasteiger partial charge >= 0.3 is 0 Å². The molecular weight excluding hydrogens is 210 g/mol. The Hall–Kier alpha value is -2.10. The summed E-state index contributed by atoms with van der Waals surface area (Å²) in [5.41, 5.74) is 0.164. The molecule has 0 fully saturated rings. The van der Waals surface area contributed by atoms with Gasteiger partial charge in [-0.15, -0.1) is 0 Å². The molecule has 0 saturated carbocycles. The maximum Gasteiger partial charge on any atom is 0.140 e. The molecule has 0 spiro atoms. The molecule has 1 unspecified atom stereocenters. The number of likely N-dealkylation sites (N-methyl/N-ethyl adjacent to an activating group) is 1. The Kier molecular flexibility index (Phi) is 4.46. The summed E-state index contributed by atoms with van der Waals surface area (Å²) in [4.78, 5) is 1.76. The molecule has 3 nitrogen and oxygen atoms in total. The minimum absolute atomic E-state index is 0.153. The van der Waals surface area contributed by atoms with Gasteiger partial charge in [0, 0.05) is 0 Å². The molecule has 0 N–H and O–H groups in total. The Labute approximate surface area is 102 Å². The van der Waals surface area contributed by atoms with Crippen molar-refractivity contribution in [3.8, 4) is 12.1 Å². The second-order valence-corrected chi connectivity index (χ2v) is 4.01. The lowest BCUT2D eigenvalue weighted by atomic mass is 9.95. The maximum atomic E-state index is 9.26. The van der Waals surface area contributed by atoms with Crippen molar-refractivity contribution in [2.45, 2.75) is 12.0 Å². The van der Waals surface area contributed by atoms with Gasteiger partial charge in [0.05, 0.1) is 18.6 Å². The maximum absolute atomic E-state index is 9.26. The quantitative estimate of drug-likeness (QED) is 0.790. The van der Waals surface area contributed by atoms with Crippen molar-refractivity contribution in [3.63, 3.8) is 0 Å². The third-order valence-corrected chi connectivity index (χ3v) is 2.69. The number of rotatable bonds is 4. The molecule has 1 rings (SSSR count). The second-order valence-electron chi connectivity index (χ2n) is 4.01. The van der Waals surface area contributed by atoms with Gasteiger partial charge in [-0.2, -0.15) is 10.5 Å². The molecule has 0 amide bonds. The van der Waals surface area contributed by atoms with Crippen molar-refractivity contribution < 1.29 is 0 Å². The first-order valence-electron chi connectivity index (χ1n) is 5.34. The molecule has 17 heavy (non-hydrogen) atoms. The van der Waals surface area contributed by atoms with Crippen molar-refractivity contribution in [2.24, 2.45) is 0 Å². The Bertz CT molecular complexity index is 462. The summed E-state index contributed by atoms with van der Waals surface area (Å²) in [6.07, 6.45) is 3.81. The lowest BCUT2D eigenvalue weighted by molar-refractivity contribution is 0.276. The van der Waals surface area contributed by atoms with Crippen LogP contribution < -0.4 is 0 Å². The molecule has 0 aromatic heterocycles. The van der Waals surface area contributed by atoms with Crippen molar-refractivity contribution in [1.29, 1.82) is 10.5 Å². The van der Waals surface area contributed by atoms with Gasteiger partial charge in [0.1, 0.15) is 5.54 Å². The summed E-state index contributed by atoms with van der Waals surface area (Å²) >= 11 is 0. The first-order chi connectivity index (χ1) is 8.14. The van der Waals surface area contributed by atoms with Crippen LogP contribution in [0.25, 0.3) is 6.08 Å². The number of hydrogen-bond donors (Lipinski definition) is 0. The summed E-state index contributed by atoms with van der Waals surface area (Å²) in [6.45, 7) is 0. The molecular formula is C14H15N3. The van der Waals surface area contributed by atoms with Crippen LogP contribution in [-0.4, -0.2) is 24.5 Å². The van der Waals surface area contributed by atoms with E-state index in [9.17, 15) is 5.26 Å². The highest BCUT2D eigenvalue weighted by atomic mass is 15.1. The predicted octanol–water partition coefficient (Wildman–Crippen LogP) is 2.44. The fourth-order valence-corrected chi connectivity index (χ4v) is 1.46. The topological polar surface area (TPSA) is 50.8 Å². The number of nitriles is 2. The van der Waals surface area contributed by atoms with Crippen LogP contribution in [-0.2, 0) is 0 Å². The third kappa shape index (κ3) is 3.17. The highest BCUT2D eigenvalue weighted by Crippen LogP contribution is 2.19. The van der Waals surface area contributed by atoms with Gasteiger partial charge in [-0.25, -0.2) is 0 Å². The minimum Gasteiger partial charge on any atom is -0.288 e. The molecule has 0 radical (unpaired) electrons. The van der Waals surface area contributed by atoms with Gasteiger partial charge in [-0.3, -0.25) is 4.90 Å². The molecule has 3 heteroatoms. The van der Waals surface area contributed by atoms with E-state index < -0.39 is 5.54 Å². The highest BCUT2D eigenvalue weighted by Gasteiger charge is 2.29. The van der Waals surface area contributed by atoms with Gasteiger partial charge in [-0.1, -0.05) is 36.4 Å². The standard InChI is InChI=1S/C14H15N3/c1-17(2)14(12-16,10-11-15)9-8-13-6-4-3-5-7-13/h3-9H,10H2,1-2H3/b9-8+. The fraction of sp³-hybridized carbons (Fsp3) is 0.286. The fourth-order valence-electron chi connectivity index (χ4n) is 1.46. The van der Waals surface area contributed by atoms with Gasteiger partial charge in [0.25, 0.3) is 0 Å². The zero-order chi connectivity index (χ0) is 12.7. The van der Waals surface area contributed by atoms with Crippen molar-refractivity contribution >= 4 is 6.08 Å². The number of nitrogens with zero attached hydrogens (tertiary/aromatic N) is 3. The van der Waals surface area contributed by atoms with Gasteiger partial charge < -0.3 is 0 Å². The first-order valence-corrected chi connectivity index (χ1v) is 5.34. The van der Waals surface area contributed by atoms with Crippen molar-refractivity contribution in [2.75, 3.05) is 14.1 Å². The van der Waals surface area contributed by atoms with Crippen LogP contribution in [0.15, 0.2) is 36.4 Å². The van der Waals surface area contributed by atoms with Crippen LogP contribution in [0.4, 0.5) is 0 Å². The van der Waals surface area contributed by atoms with E-state index in [1.807, 2.05) is 36.4 Å².